The number of hydrogen-bond acceptors (Lipinski definition) is 8. The van der Waals surface area contributed by atoms with E-state index < -0.39 is 18.2 Å². The maximum Gasteiger partial charge on any atom is 0.278 e. The molecule has 194 valence electrons. The van der Waals surface area contributed by atoms with Gasteiger partial charge in [-0.2, -0.15) is 0 Å². The van der Waals surface area contributed by atoms with Gasteiger partial charge < -0.3 is 19.4 Å². The van der Waals surface area contributed by atoms with Gasteiger partial charge in [0.2, 0.25) is 17.7 Å². The zero-order valence-electron chi connectivity index (χ0n) is 20.1. The number of ether oxygens (including phenoxy) is 1. The number of thiazole rings is 1. The third-order valence-electron chi connectivity index (χ3n) is 6.53. The second-order valence-corrected chi connectivity index (χ2v) is 10.7. The Balaban J connectivity index is 1.17. The molecule has 12 heteroatoms. The third-order valence-corrected chi connectivity index (χ3v) is 7.60. The molecule has 0 bridgehead atoms. The quantitative estimate of drug-likeness (QED) is 0.545. The molecule has 8 nitrogen and oxygen atoms in total. The Morgan fingerprint density at radius 1 is 1.29 bits per heavy atom. The summed E-state index contributed by atoms with van der Waals surface area (Å²) >= 11 is 1.33. The highest BCUT2D eigenvalue weighted by atomic mass is 32.1. The number of carbonyl (C=O) groups excluding carboxylic acids is 1. The number of nitrogens with zero attached hydrogens (tertiary/aromatic N) is 4. The average molecular weight is 516 g/mol. The first-order chi connectivity index (χ1) is 16.6. The van der Waals surface area contributed by atoms with Crippen molar-refractivity contribution in [3.8, 4) is 5.19 Å². The van der Waals surface area contributed by atoms with Crippen LogP contribution in [0, 0.1) is 6.92 Å². The Morgan fingerprint density at radius 3 is 2.71 bits per heavy atom. The van der Waals surface area contributed by atoms with Crippen LogP contribution in [0.2, 0.25) is 0 Å². The standard InChI is InChI=1S/C23H32F3N5O3S/c1-15-29-30-20(34-15)13-19(32)27-16-3-7-23(26,8-4-16)9-12-31-10-5-17-18(6-11-31)35-21(28-17)33-14-22(2,24)25/h16H,3-14H2,1-2H3,(H,27,32)/t16-,23+. The summed E-state index contributed by atoms with van der Waals surface area (Å²) in [5, 5.41) is 10.8. The van der Waals surface area contributed by atoms with Crippen molar-refractivity contribution < 1.29 is 27.1 Å². The number of hydrogen-bond donors (Lipinski definition) is 1. The highest BCUT2D eigenvalue weighted by molar-refractivity contribution is 7.13. The van der Waals surface area contributed by atoms with Crippen LogP contribution in [0.4, 0.5) is 13.2 Å². The first-order valence-corrected chi connectivity index (χ1v) is 12.9. The number of aryl methyl sites for hydroxylation is 1. The zero-order chi connectivity index (χ0) is 25.1. The lowest BCUT2D eigenvalue weighted by atomic mass is 9.81. The molecule has 0 saturated heterocycles. The van der Waals surface area contributed by atoms with Crippen LogP contribution < -0.4 is 10.1 Å². The molecule has 0 atom stereocenters. The van der Waals surface area contributed by atoms with E-state index in [1.807, 2.05) is 0 Å². The highest BCUT2D eigenvalue weighted by Gasteiger charge is 2.36. The van der Waals surface area contributed by atoms with E-state index >= 15 is 4.39 Å². The molecular weight excluding hydrogens is 483 g/mol. The van der Waals surface area contributed by atoms with Crippen molar-refractivity contribution in [3.05, 3.63) is 22.4 Å². The van der Waals surface area contributed by atoms with E-state index in [0.717, 1.165) is 37.0 Å². The van der Waals surface area contributed by atoms with E-state index in [4.69, 9.17) is 9.15 Å². The van der Waals surface area contributed by atoms with E-state index in [1.54, 1.807) is 6.92 Å². The molecule has 1 aliphatic heterocycles. The molecule has 2 aromatic rings. The molecule has 1 amide bonds. The van der Waals surface area contributed by atoms with Gasteiger partial charge >= 0.3 is 0 Å². The van der Waals surface area contributed by atoms with Crippen LogP contribution in [0.3, 0.4) is 0 Å². The molecule has 0 spiro atoms. The molecule has 0 radical (unpaired) electrons. The topological polar surface area (TPSA) is 93.4 Å². The summed E-state index contributed by atoms with van der Waals surface area (Å²) < 4.78 is 51.9. The Hall–Kier alpha value is -2.21. The van der Waals surface area contributed by atoms with E-state index in [9.17, 15) is 13.6 Å². The molecular formula is C23H32F3N5O3S. The SMILES string of the molecule is Cc1nnc(CC(=O)N[C@H]2CC[C@](F)(CCN3CCc4nc(OCC(C)(F)F)sc4CC3)CC2)o1. The first kappa shape index (κ1) is 25.9. The van der Waals surface area contributed by atoms with Gasteiger partial charge in [-0.3, -0.25) is 4.79 Å². The molecule has 0 aromatic carbocycles. The van der Waals surface area contributed by atoms with Crippen molar-refractivity contribution in [2.75, 3.05) is 26.2 Å². The number of aromatic nitrogens is 3. The number of rotatable bonds is 9. The van der Waals surface area contributed by atoms with Crippen molar-refractivity contribution in [1.29, 1.82) is 0 Å². The molecule has 0 unspecified atom stereocenters. The minimum absolute atomic E-state index is 0.0338. The first-order valence-electron chi connectivity index (χ1n) is 12.1. The molecule has 1 aliphatic carbocycles. The van der Waals surface area contributed by atoms with E-state index in [2.05, 4.69) is 25.4 Å². The summed E-state index contributed by atoms with van der Waals surface area (Å²) in [6.07, 6.45) is 3.99. The van der Waals surface area contributed by atoms with E-state index in [1.165, 1.54) is 11.3 Å². The predicted octanol–water partition coefficient (Wildman–Crippen LogP) is 3.67. The van der Waals surface area contributed by atoms with Gasteiger partial charge in [-0.1, -0.05) is 11.3 Å². The summed E-state index contributed by atoms with van der Waals surface area (Å²) in [6.45, 7) is 4.01. The van der Waals surface area contributed by atoms with Crippen LogP contribution in [-0.2, 0) is 24.1 Å². The molecule has 1 N–H and O–H groups in total. The Kier molecular flexibility index (Phi) is 7.99. The van der Waals surface area contributed by atoms with Crippen LogP contribution in [0.1, 0.15) is 61.4 Å². The van der Waals surface area contributed by atoms with Gasteiger partial charge in [0, 0.05) is 50.8 Å². The number of amides is 1. The number of carbonyl (C=O) groups is 1. The van der Waals surface area contributed by atoms with Crippen LogP contribution in [0.25, 0.3) is 0 Å². The number of nitrogens with one attached hydrogen (secondary N) is 1. The van der Waals surface area contributed by atoms with Gasteiger partial charge in [0.1, 0.15) is 12.1 Å². The summed E-state index contributed by atoms with van der Waals surface area (Å²) in [7, 11) is 0. The predicted molar refractivity (Wildman–Crippen MR) is 124 cm³/mol. The number of alkyl halides is 3. The second kappa shape index (κ2) is 10.8. The summed E-state index contributed by atoms with van der Waals surface area (Å²) in [5.74, 6) is -2.38. The lowest BCUT2D eigenvalue weighted by Gasteiger charge is -2.35. The molecule has 1 fully saturated rings. The Bertz CT molecular complexity index is 975. The molecule has 1 saturated carbocycles. The maximum atomic E-state index is 15.5. The Labute approximate surface area is 206 Å². The monoisotopic (exact) mass is 515 g/mol. The fraction of sp³-hybridized carbons (Fsp3) is 0.739. The van der Waals surface area contributed by atoms with E-state index in [0.29, 0.717) is 56.2 Å². The third kappa shape index (κ3) is 7.63. The average Bonchev–Trinajstić information content (AvgIpc) is 3.33. The summed E-state index contributed by atoms with van der Waals surface area (Å²) in [6, 6.07) is -0.0419. The van der Waals surface area contributed by atoms with Crippen molar-refractivity contribution in [2.24, 2.45) is 0 Å². The normalized spacial score (nSPS) is 23.5. The minimum Gasteiger partial charge on any atom is -0.464 e. The van der Waals surface area contributed by atoms with Gasteiger partial charge in [0.05, 0.1) is 5.69 Å². The Morgan fingerprint density at radius 2 is 2.03 bits per heavy atom. The smallest absolute Gasteiger partial charge is 0.278 e. The highest BCUT2D eigenvalue weighted by Crippen LogP contribution is 2.36. The summed E-state index contributed by atoms with van der Waals surface area (Å²) in [5.41, 5.74) is -0.333. The largest absolute Gasteiger partial charge is 0.464 e. The van der Waals surface area contributed by atoms with Gasteiger partial charge in [0.15, 0.2) is 6.61 Å². The van der Waals surface area contributed by atoms with Crippen LogP contribution in [0.15, 0.2) is 4.42 Å². The number of halogens is 3. The lowest BCUT2D eigenvalue weighted by Crippen LogP contribution is -2.43. The minimum atomic E-state index is -2.89. The van der Waals surface area contributed by atoms with Crippen molar-refractivity contribution >= 4 is 17.2 Å². The van der Waals surface area contributed by atoms with Gasteiger partial charge in [-0.25, -0.2) is 18.2 Å². The molecule has 4 rings (SSSR count). The molecule has 2 aliphatic rings. The van der Waals surface area contributed by atoms with Crippen molar-refractivity contribution in [3.63, 3.8) is 0 Å². The van der Waals surface area contributed by atoms with Crippen molar-refractivity contribution in [1.82, 2.24) is 25.4 Å². The fourth-order valence-corrected chi connectivity index (χ4v) is 5.52. The molecule has 3 heterocycles. The van der Waals surface area contributed by atoms with Gasteiger partial charge in [0.25, 0.3) is 11.1 Å². The zero-order valence-corrected chi connectivity index (χ0v) is 20.9. The van der Waals surface area contributed by atoms with Crippen LogP contribution in [-0.4, -0.2) is 69.9 Å². The van der Waals surface area contributed by atoms with Crippen molar-refractivity contribution in [2.45, 2.75) is 82.8 Å². The van der Waals surface area contributed by atoms with Crippen LogP contribution in [0.5, 0.6) is 5.19 Å². The van der Waals surface area contributed by atoms with E-state index in [-0.39, 0.29) is 24.3 Å². The summed E-state index contributed by atoms with van der Waals surface area (Å²) in [4.78, 5) is 19.9. The van der Waals surface area contributed by atoms with Crippen LogP contribution >= 0.6 is 11.3 Å². The fourth-order valence-electron chi connectivity index (χ4n) is 4.57. The molecule has 35 heavy (non-hydrogen) atoms. The molecule has 2 aromatic heterocycles. The van der Waals surface area contributed by atoms with Gasteiger partial charge in [-0.15, -0.1) is 10.2 Å². The number of fused-ring (bicyclic) bond motifs is 1. The van der Waals surface area contributed by atoms with Gasteiger partial charge in [-0.05, 0) is 38.5 Å². The maximum absolute atomic E-state index is 15.5. The lowest BCUT2D eigenvalue weighted by molar-refractivity contribution is -0.122. The second-order valence-electron chi connectivity index (χ2n) is 9.68.